The summed E-state index contributed by atoms with van der Waals surface area (Å²) in [6.07, 6.45) is -0.135. The number of thiazole rings is 1. The summed E-state index contributed by atoms with van der Waals surface area (Å²) in [5.74, 6) is 0.506. The quantitative estimate of drug-likeness (QED) is 0.463. The molecule has 2 N–H and O–H groups in total. The van der Waals surface area contributed by atoms with Crippen LogP contribution in [-0.4, -0.2) is 31.1 Å². The molecule has 0 fully saturated rings. The van der Waals surface area contributed by atoms with Gasteiger partial charge in [-0.05, 0) is 17.7 Å². The maximum atomic E-state index is 12.6. The van der Waals surface area contributed by atoms with Gasteiger partial charge in [-0.15, -0.1) is 11.3 Å². The predicted molar refractivity (Wildman–Crippen MR) is 102 cm³/mol. The Labute approximate surface area is 159 Å². The molecule has 0 atom stereocenters. The van der Waals surface area contributed by atoms with Gasteiger partial charge in [0.05, 0.1) is 6.54 Å². The van der Waals surface area contributed by atoms with E-state index in [4.69, 9.17) is 0 Å². The number of rotatable bonds is 5. The molecule has 0 unspecified atom stereocenters. The van der Waals surface area contributed by atoms with E-state index in [9.17, 15) is 13.2 Å². The van der Waals surface area contributed by atoms with Crippen LogP contribution in [0.1, 0.15) is 16.3 Å². The summed E-state index contributed by atoms with van der Waals surface area (Å²) in [5, 5.41) is 7.53. The maximum Gasteiger partial charge on any atom is 0.434 e. The van der Waals surface area contributed by atoms with Crippen molar-refractivity contribution < 1.29 is 13.2 Å². The summed E-state index contributed by atoms with van der Waals surface area (Å²) in [4.78, 5) is 9.96. The van der Waals surface area contributed by atoms with Crippen LogP contribution in [-0.2, 0) is 19.3 Å². The number of benzene rings is 1. The maximum absolute atomic E-state index is 12.6. The fourth-order valence-electron chi connectivity index (χ4n) is 2.64. The molecule has 0 aliphatic carbocycles. The molecular formula is C18H20F3N5S. The summed E-state index contributed by atoms with van der Waals surface area (Å²) in [7, 11) is 1.62. The Morgan fingerprint density at radius 2 is 1.96 bits per heavy atom. The first kappa shape index (κ1) is 19.2. The van der Waals surface area contributed by atoms with Gasteiger partial charge in [0.25, 0.3) is 0 Å². The van der Waals surface area contributed by atoms with Crippen LogP contribution in [0.4, 0.5) is 18.9 Å². The molecule has 0 saturated carbocycles. The highest BCUT2D eigenvalue weighted by Gasteiger charge is 2.33. The summed E-state index contributed by atoms with van der Waals surface area (Å²) < 4.78 is 37.8. The Kier molecular flexibility index (Phi) is 6.00. The number of hydrogen-bond donors (Lipinski definition) is 2. The minimum absolute atomic E-state index is 0.180. The van der Waals surface area contributed by atoms with Gasteiger partial charge in [-0.2, -0.15) is 13.2 Å². The fourth-order valence-corrected chi connectivity index (χ4v) is 3.38. The monoisotopic (exact) mass is 395 g/mol. The van der Waals surface area contributed by atoms with Crippen molar-refractivity contribution in [2.45, 2.75) is 19.3 Å². The first-order valence-corrected chi connectivity index (χ1v) is 9.28. The summed E-state index contributed by atoms with van der Waals surface area (Å²) in [6.45, 7) is 2.56. The topological polar surface area (TPSA) is 52.6 Å². The number of aliphatic imine (C=N–C) groups is 1. The van der Waals surface area contributed by atoms with Gasteiger partial charge in [-0.25, -0.2) is 4.98 Å². The zero-order valence-electron chi connectivity index (χ0n) is 14.8. The number of alkyl halides is 3. The van der Waals surface area contributed by atoms with Gasteiger partial charge in [-0.1, -0.05) is 24.3 Å². The molecule has 1 aliphatic rings. The van der Waals surface area contributed by atoms with Crippen LogP contribution in [0.5, 0.6) is 0 Å². The smallest absolute Gasteiger partial charge is 0.364 e. The van der Waals surface area contributed by atoms with Crippen LogP contribution in [0.2, 0.25) is 0 Å². The third-order valence-electron chi connectivity index (χ3n) is 4.03. The van der Waals surface area contributed by atoms with E-state index >= 15 is 0 Å². The lowest BCUT2D eigenvalue weighted by molar-refractivity contribution is -0.140. The highest BCUT2D eigenvalue weighted by atomic mass is 32.1. The number of anilines is 1. The van der Waals surface area contributed by atoms with Crippen molar-refractivity contribution >= 4 is 23.0 Å². The first-order chi connectivity index (χ1) is 13.0. The summed E-state index contributed by atoms with van der Waals surface area (Å²) in [6, 6.07) is 8.22. The zero-order chi connectivity index (χ0) is 19.3. The second-order valence-corrected chi connectivity index (χ2v) is 6.89. The van der Waals surface area contributed by atoms with E-state index < -0.39 is 11.9 Å². The molecule has 1 aliphatic heterocycles. The predicted octanol–water partition coefficient (Wildman–Crippen LogP) is 3.40. The number of aromatic nitrogens is 1. The van der Waals surface area contributed by atoms with Gasteiger partial charge in [0, 0.05) is 37.7 Å². The second kappa shape index (κ2) is 8.43. The molecule has 0 bridgehead atoms. The van der Waals surface area contributed by atoms with Crippen molar-refractivity contribution in [1.29, 1.82) is 0 Å². The molecule has 1 aromatic carbocycles. The standard InChI is InChI=1S/C18H20F3N5S/c1-22-17(24-11-16-25-15(12-27-16)18(19,20)21)23-10-13-5-4-6-14(9-13)26-7-2-3-8-26/h2-6,9,12H,7-8,10-11H2,1H3,(H2,22,23,24). The number of nitrogens with one attached hydrogen (secondary N) is 2. The number of halogens is 3. The molecule has 1 aromatic heterocycles. The van der Waals surface area contributed by atoms with E-state index in [1.165, 1.54) is 0 Å². The van der Waals surface area contributed by atoms with Crippen LogP contribution < -0.4 is 15.5 Å². The average molecular weight is 395 g/mol. The molecule has 9 heteroatoms. The van der Waals surface area contributed by atoms with Gasteiger partial charge in [-0.3, -0.25) is 4.99 Å². The molecule has 0 spiro atoms. The fraction of sp³-hybridized carbons (Fsp3) is 0.333. The van der Waals surface area contributed by atoms with Crippen molar-refractivity contribution in [3.63, 3.8) is 0 Å². The van der Waals surface area contributed by atoms with Crippen LogP contribution in [0.3, 0.4) is 0 Å². The van der Waals surface area contributed by atoms with Crippen LogP contribution in [0, 0.1) is 0 Å². The summed E-state index contributed by atoms with van der Waals surface area (Å²) >= 11 is 0.972. The SMILES string of the molecule is CN=C(NCc1cccc(N2CC=CC2)c1)NCc1nc(C(F)(F)F)cs1. The molecule has 2 aromatic rings. The molecule has 3 rings (SSSR count). The molecule has 5 nitrogen and oxygen atoms in total. The van der Waals surface area contributed by atoms with Crippen molar-refractivity contribution in [2.24, 2.45) is 4.99 Å². The van der Waals surface area contributed by atoms with Gasteiger partial charge >= 0.3 is 6.18 Å². The molecule has 0 radical (unpaired) electrons. The van der Waals surface area contributed by atoms with Gasteiger partial charge in [0.15, 0.2) is 11.7 Å². The van der Waals surface area contributed by atoms with Crippen LogP contribution >= 0.6 is 11.3 Å². The minimum Gasteiger partial charge on any atom is -0.364 e. The normalized spacial score (nSPS) is 14.7. The second-order valence-electron chi connectivity index (χ2n) is 5.95. The number of guanidine groups is 1. The number of nitrogens with zero attached hydrogens (tertiary/aromatic N) is 3. The first-order valence-electron chi connectivity index (χ1n) is 8.40. The van der Waals surface area contributed by atoms with Crippen LogP contribution in [0.25, 0.3) is 0 Å². The third kappa shape index (κ3) is 5.22. The Hall–Kier alpha value is -2.55. The van der Waals surface area contributed by atoms with Crippen molar-refractivity contribution in [1.82, 2.24) is 15.6 Å². The Bertz CT molecular complexity index is 820. The highest BCUT2D eigenvalue weighted by Crippen LogP contribution is 2.29. The molecule has 2 heterocycles. The molecule has 0 saturated heterocycles. The Balaban J connectivity index is 1.52. The molecule has 27 heavy (non-hydrogen) atoms. The van der Waals surface area contributed by atoms with Crippen LogP contribution in [0.15, 0.2) is 46.8 Å². The van der Waals surface area contributed by atoms with E-state index in [-0.39, 0.29) is 6.54 Å². The summed E-state index contributed by atoms with van der Waals surface area (Å²) in [5.41, 5.74) is 1.39. The van der Waals surface area contributed by atoms with E-state index in [1.54, 1.807) is 7.05 Å². The lowest BCUT2D eigenvalue weighted by Crippen LogP contribution is -2.36. The van der Waals surface area contributed by atoms with E-state index in [0.717, 1.165) is 41.1 Å². The van der Waals surface area contributed by atoms with Gasteiger partial charge < -0.3 is 15.5 Å². The highest BCUT2D eigenvalue weighted by molar-refractivity contribution is 7.09. The Morgan fingerprint density at radius 1 is 1.22 bits per heavy atom. The van der Waals surface area contributed by atoms with Gasteiger partial charge in [0.2, 0.25) is 0 Å². The van der Waals surface area contributed by atoms with Crippen molar-refractivity contribution in [3.8, 4) is 0 Å². The lowest BCUT2D eigenvalue weighted by atomic mass is 10.2. The minimum atomic E-state index is -4.41. The van der Waals surface area contributed by atoms with Crippen molar-refractivity contribution in [3.05, 3.63) is 58.1 Å². The number of hydrogen-bond acceptors (Lipinski definition) is 4. The van der Waals surface area contributed by atoms with Crippen molar-refractivity contribution in [2.75, 3.05) is 25.0 Å². The van der Waals surface area contributed by atoms with E-state index in [2.05, 4.69) is 49.8 Å². The average Bonchev–Trinajstić information content (AvgIpc) is 3.34. The largest absolute Gasteiger partial charge is 0.434 e. The van der Waals surface area contributed by atoms with E-state index in [0.29, 0.717) is 17.5 Å². The zero-order valence-corrected chi connectivity index (χ0v) is 15.6. The molecular weight excluding hydrogens is 375 g/mol. The Morgan fingerprint density at radius 3 is 2.63 bits per heavy atom. The molecule has 0 amide bonds. The van der Waals surface area contributed by atoms with Gasteiger partial charge in [0.1, 0.15) is 5.01 Å². The van der Waals surface area contributed by atoms with E-state index in [1.807, 2.05) is 12.1 Å². The lowest BCUT2D eigenvalue weighted by Gasteiger charge is -2.19. The third-order valence-corrected chi connectivity index (χ3v) is 4.88. The molecule has 144 valence electrons.